The van der Waals surface area contributed by atoms with Gasteiger partial charge < -0.3 is 0 Å². The van der Waals surface area contributed by atoms with Gasteiger partial charge in [-0.15, -0.1) is 22.7 Å². The number of rotatable bonds is 4. The maximum absolute atomic E-state index is 12.7. The molecule has 1 atom stereocenters. The van der Waals surface area contributed by atoms with E-state index in [4.69, 9.17) is 11.6 Å². The highest BCUT2D eigenvalue weighted by Crippen LogP contribution is 2.33. The molecule has 0 saturated carbocycles. The van der Waals surface area contributed by atoms with Crippen LogP contribution in [0.2, 0.25) is 5.02 Å². The standard InChI is InChI=1S/C20H19ClN2OS2/c1-12-2-7-16-17(11-25-18(16)8-12)19(24)23-20-22-10-15(26-20)9-13-3-5-14(21)6-4-13/h3-6,10-12H,2,7-9H2,1H3,(H,22,23,24). The molecule has 0 saturated heterocycles. The van der Waals surface area contributed by atoms with Crippen molar-refractivity contribution in [2.45, 2.75) is 32.6 Å². The second kappa shape index (κ2) is 7.51. The lowest BCUT2D eigenvalue weighted by Gasteiger charge is -2.18. The van der Waals surface area contributed by atoms with E-state index in [-0.39, 0.29) is 5.91 Å². The number of nitrogens with zero attached hydrogens (tertiary/aromatic N) is 1. The number of amides is 1. The van der Waals surface area contributed by atoms with Crippen LogP contribution in [0.3, 0.4) is 0 Å². The van der Waals surface area contributed by atoms with E-state index >= 15 is 0 Å². The minimum atomic E-state index is -0.0376. The molecule has 0 bridgehead atoms. The molecule has 1 aliphatic carbocycles. The summed E-state index contributed by atoms with van der Waals surface area (Å²) < 4.78 is 0. The minimum absolute atomic E-state index is 0.0376. The van der Waals surface area contributed by atoms with Crippen LogP contribution in [0.1, 0.15) is 44.6 Å². The van der Waals surface area contributed by atoms with E-state index in [0.29, 0.717) is 11.0 Å². The Morgan fingerprint density at radius 3 is 2.96 bits per heavy atom. The molecule has 3 aromatic rings. The first-order valence-corrected chi connectivity index (χ1v) is 10.8. The monoisotopic (exact) mass is 402 g/mol. The number of carbonyl (C=O) groups is 1. The topological polar surface area (TPSA) is 42.0 Å². The van der Waals surface area contributed by atoms with Crippen LogP contribution in [-0.4, -0.2) is 10.9 Å². The van der Waals surface area contributed by atoms with Gasteiger partial charge in [-0.05, 0) is 48.4 Å². The first-order chi connectivity index (χ1) is 12.6. The lowest BCUT2D eigenvalue weighted by molar-refractivity contribution is 0.102. The van der Waals surface area contributed by atoms with Gasteiger partial charge >= 0.3 is 0 Å². The van der Waals surface area contributed by atoms with Gasteiger partial charge in [0.1, 0.15) is 0 Å². The summed E-state index contributed by atoms with van der Waals surface area (Å²) in [7, 11) is 0. The quantitative estimate of drug-likeness (QED) is 0.596. The number of thiazole rings is 1. The van der Waals surface area contributed by atoms with Crippen molar-refractivity contribution in [3.8, 4) is 0 Å². The zero-order valence-electron chi connectivity index (χ0n) is 14.4. The van der Waals surface area contributed by atoms with Crippen LogP contribution >= 0.6 is 34.3 Å². The first kappa shape index (κ1) is 17.7. The molecule has 4 rings (SSSR count). The Kier molecular flexibility index (Phi) is 5.11. The van der Waals surface area contributed by atoms with Gasteiger partial charge in [0, 0.05) is 32.8 Å². The molecule has 0 fully saturated rings. The molecule has 2 aromatic heterocycles. The SMILES string of the molecule is CC1CCc2c(C(=O)Nc3ncc(Cc4ccc(Cl)cc4)s3)csc2C1. The number of hydrogen-bond donors (Lipinski definition) is 1. The summed E-state index contributed by atoms with van der Waals surface area (Å²) in [4.78, 5) is 19.5. The normalized spacial score (nSPS) is 16.3. The Balaban J connectivity index is 1.44. The predicted octanol–water partition coefficient (Wildman–Crippen LogP) is 5.83. The Morgan fingerprint density at radius 2 is 2.15 bits per heavy atom. The average molecular weight is 403 g/mol. The van der Waals surface area contributed by atoms with Gasteiger partial charge in [-0.1, -0.05) is 30.7 Å². The van der Waals surface area contributed by atoms with Crippen LogP contribution < -0.4 is 5.32 Å². The van der Waals surface area contributed by atoms with Crippen LogP contribution in [-0.2, 0) is 19.3 Å². The molecule has 1 N–H and O–H groups in total. The molecular weight excluding hydrogens is 384 g/mol. The average Bonchev–Trinajstić information content (AvgIpc) is 3.23. The third-order valence-electron chi connectivity index (χ3n) is 4.71. The molecule has 1 aromatic carbocycles. The summed E-state index contributed by atoms with van der Waals surface area (Å²) in [5.74, 6) is 0.677. The van der Waals surface area contributed by atoms with E-state index in [1.807, 2.05) is 35.8 Å². The minimum Gasteiger partial charge on any atom is -0.298 e. The summed E-state index contributed by atoms with van der Waals surface area (Å²) in [5, 5.41) is 6.37. The van der Waals surface area contributed by atoms with E-state index in [1.165, 1.54) is 27.3 Å². The lowest BCUT2D eigenvalue weighted by Crippen LogP contribution is -2.16. The Bertz CT molecular complexity index is 930. The summed E-state index contributed by atoms with van der Waals surface area (Å²) in [6.45, 7) is 2.28. The van der Waals surface area contributed by atoms with E-state index < -0.39 is 0 Å². The van der Waals surface area contributed by atoms with E-state index in [9.17, 15) is 4.79 Å². The van der Waals surface area contributed by atoms with Gasteiger partial charge in [0.25, 0.3) is 5.91 Å². The first-order valence-electron chi connectivity index (χ1n) is 8.68. The highest BCUT2D eigenvalue weighted by Gasteiger charge is 2.23. The summed E-state index contributed by atoms with van der Waals surface area (Å²) >= 11 is 9.16. The van der Waals surface area contributed by atoms with Crippen molar-refractivity contribution < 1.29 is 4.79 Å². The van der Waals surface area contributed by atoms with Crippen molar-refractivity contribution in [2.75, 3.05) is 5.32 Å². The van der Waals surface area contributed by atoms with Crippen molar-refractivity contribution in [2.24, 2.45) is 5.92 Å². The number of nitrogens with one attached hydrogen (secondary N) is 1. The molecule has 1 aliphatic rings. The Morgan fingerprint density at radius 1 is 1.35 bits per heavy atom. The van der Waals surface area contributed by atoms with Gasteiger partial charge in [0.2, 0.25) is 0 Å². The smallest absolute Gasteiger partial charge is 0.258 e. The van der Waals surface area contributed by atoms with Crippen LogP contribution in [0.15, 0.2) is 35.8 Å². The lowest BCUT2D eigenvalue weighted by atomic mass is 9.88. The molecule has 0 radical (unpaired) electrons. The number of anilines is 1. The third-order valence-corrected chi connectivity index (χ3v) is 6.93. The number of carbonyl (C=O) groups excluding carboxylic acids is 1. The van der Waals surface area contributed by atoms with Gasteiger partial charge in [-0.25, -0.2) is 4.98 Å². The molecule has 26 heavy (non-hydrogen) atoms. The second-order valence-corrected chi connectivity index (χ2v) is 9.30. The number of halogens is 1. The largest absolute Gasteiger partial charge is 0.298 e. The molecular formula is C20H19ClN2OS2. The molecule has 3 nitrogen and oxygen atoms in total. The van der Waals surface area contributed by atoms with Gasteiger partial charge in [0.15, 0.2) is 5.13 Å². The van der Waals surface area contributed by atoms with Gasteiger partial charge in [0.05, 0.1) is 5.56 Å². The molecule has 6 heteroatoms. The van der Waals surface area contributed by atoms with Crippen molar-refractivity contribution in [3.05, 3.63) is 67.3 Å². The van der Waals surface area contributed by atoms with Crippen LogP contribution in [0.5, 0.6) is 0 Å². The highest BCUT2D eigenvalue weighted by atomic mass is 35.5. The van der Waals surface area contributed by atoms with E-state index in [1.54, 1.807) is 11.3 Å². The fraction of sp³-hybridized carbons (Fsp3) is 0.300. The number of hydrogen-bond acceptors (Lipinski definition) is 4. The number of aromatic nitrogens is 1. The molecule has 2 heterocycles. The van der Waals surface area contributed by atoms with Crippen molar-refractivity contribution in [1.82, 2.24) is 4.98 Å². The maximum atomic E-state index is 12.7. The van der Waals surface area contributed by atoms with Gasteiger partial charge in [-0.3, -0.25) is 10.1 Å². The Labute approximate surface area is 166 Å². The molecule has 0 aliphatic heterocycles. The van der Waals surface area contributed by atoms with E-state index in [0.717, 1.165) is 41.1 Å². The fourth-order valence-electron chi connectivity index (χ4n) is 3.28. The fourth-order valence-corrected chi connectivity index (χ4v) is 5.49. The second-order valence-electron chi connectivity index (χ2n) is 6.79. The predicted molar refractivity (Wildman–Crippen MR) is 110 cm³/mol. The molecule has 1 unspecified atom stereocenters. The van der Waals surface area contributed by atoms with Crippen LogP contribution in [0.25, 0.3) is 0 Å². The van der Waals surface area contributed by atoms with Crippen molar-refractivity contribution in [1.29, 1.82) is 0 Å². The zero-order valence-corrected chi connectivity index (χ0v) is 16.8. The zero-order chi connectivity index (χ0) is 18.1. The highest BCUT2D eigenvalue weighted by molar-refractivity contribution is 7.15. The van der Waals surface area contributed by atoms with E-state index in [2.05, 4.69) is 17.2 Å². The number of thiophene rings is 1. The van der Waals surface area contributed by atoms with Crippen molar-refractivity contribution in [3.63, 3.8) is 0 Å². The van der Waals surface area contributed by atoms with Crippen LogP contribution in [0.4, 0.5) is 5.13 Å². The van der Waals surface area contributed by atoms with Crippen LogP contribution in [0, 0.1) is 5.92 Å². The summed E-state index contributed by atoms with van der Waals surface area (Å²) in [6.07, 6.45) is 5.88. The number of fused-ring (bicyclic) bond motifs is 1. The Hall–Kier alpha value is -1.69. The summed E-state index contributed by atoms with van der Waals surface area (Å²) in [5.41, 5.74) is 3.24. The summed E-state index contributed by atoms with van der Waals surface area (Å²) in [6, 6.07) is 7.81. The third kappa shape index (κ3) is 3.85. The van der Waals surface area contributed by atoms with Gasteiger partial charge in [-0.2, -0.15) is 0 Å². The molecule has 1 amide bonds. The maximum Gasteiger partial charge on any atom is 0.258 e. The number of benzene rings is 1. The molecule has 134 valence electrons. The van der Waals surface area contributed by atoms with Crippen molar-refractivity contribution >= 4 is 45.3 Å². The molecule has 0 spiro atoms.